The summed E-state index contributed by atoms with van der Waals surface area (Å²) in [5.74, 6) is 3.05. The van der Waals surface area contributed by atoms with E-state index in [2.05, 4.69) is 29.4 Å². The van der Waals surface area contributed by atoms with E-state index >= 15 is 0 Å². The van der Waals surface area contributed by atoms with E-state index in [1.54, 1.807) is 0 Å². The van der Waals surface area contributed by atoms with Crippen molar-refractivity contribution in [2.75, 3.05) is 18.1 Å². The van der Waals surface area contributed by atoms with Crippen molar-refractivity contribution in [3.63, 3.8) is 0 Å². The number of aromatic nitrogens is 1. The van der Waals surface area contributed by atoms with Crippen LogP contribution in [0.3, 0.4) is 0 Å². The van der Waals surface area contributed by atoms with Gasteiger partial charge >= 0.3 is 0 Å². The molecule has 84 valence electrons. The number of aryl methyl sites for hydroxylation is 1. The normalized spacial score (nSPS) is 21.4. The molecule has 3 rings (SSSR count). The fourth-order valence-corrected chi connectivity index (χ4v) is 2.85. The molecule has 2 heterocycles. The summed E-state index contributed by atoms with van der Waals surface area (Å²) in [6, 6.07) is 6.39. The van der Waals surface area contributed by atoms with Gasteiger partial charge in [0.1, 0.15) is 5.52 Å². The van der Waals surface area contributed by atoms with E-state index in [1.165, 1.54) is 11.3 Å². The molecule has 3 nitrogen and oxygen atoms in total. The highest BCUT2D eigenvalue weighted by Gasteiger charge is 2.20. The Labute approximate surface area is 98.6 Å². The van der Waals surface area contributed by atoms with Crippen LogP contribution in [0.25, 0.3) is 11.1 Å². The minimum atomic E-state index is 0.270. The van der Waals surface area contributed by atoms with Gasteiger partial charge in [-0.3, -0.25) is 0 Å². The molecular formula is C12H14N2OS. The SMILES string of the molecule is Cc1ccc2oc(C3CSCCN3)nc2c1. The number of thioether (sulfide) groups is 1. The van der Waals surface area contributed by atoms with Crippen LogP contribution in [0.4, 0.5) is 0 Å². The van der Waals surface area contributed by atoms with Crippen LogP contribution in [0.2, 0.25) is 0 Å². The smallest absolute Gasteiger partial charge is 0.213 e. The van der Waals surface area contributed by atoms with Crippen molar-refractivity contribution in [1.82, 2.24) is 10.3 Å². The molecular weight excluding hydrogens is 220 g/mol. The quantitative estimate of drug-likeness (QED) is 0.822. The summed E-state index contributed by atoms with van der Waals surface area (Å²) in [6.07, 6.45) is 0. The predicted molar refractivity (Wildman–Crippen MR) is 66.8 cm³/mol. The molecule has 1 N–H and O–H groups in total. The molecule has 4 heteroatoms. The van der Waals surface area contributed by atoms with Crippen molar-refractivity contribution in [1.29, 1.82) is 0 Å². The van der Waals surface area contributed by atoms with Gasteiger partial charge in [-0.1, -0.05) is 6.07 Å². The summed E-state index contributed by atoms with van der Waals surface area (Å²) in [5.41, 5.74) is 3.07. The van der Waals surface area contributed by atoms with Gasteiger partial charge in [0.2, 0.25) is 5.89 Å². The molecule has 1 aromatic heterocycles. The Morgan fingerprint density at radius 2 is 2.44 bits per heavy atom. The molecule has 0 radical (unpaired) electrons. The third-order valence-corrected chi connectivity index (χ3v) is 3.84. The fourth-order valence-electron chi connectivity index (χ4n) is 1.93. The second-order valence-electron chi connectivity index (χ2n) is 4.10. The van der Waals surface area contributed by atoms with E-state index < -0.39 is 0 Å². The van der Waals surface area contributed by atoms with Crippen LogP contribution in [-0.2, 0) is 0 Å². The van der Waals surface area contributed by atoms with E-state index in [9.17, 15) is 0 Å². The Kier molecular flexibility index (Phi) is 2.61. The lowest BCUT2D eigenvalue weighted by atomic mass is 10.2. The summed E-state index contributed by atoms with van der Waals surface area (Å²) in [4.78, 5) is 4.55. The van der Waals surface area contributed by atoms with Gasteiger partial charge in [-0.05, 0) is 24.6 Å². The van der Waals surface area contributed by atoms with Crippen LogP contribution in [0, 0.1) is 6.92 Å². The van der Waals surface area contributed by atoms with E-state index in [0.717, 1.165) is 29.3 Å². The number of oxazole rings is 1. The third-order valence-electron chi connectivity index (χ3n) is 2.78. The maximum absolute atomic E-state index is 5.78. The van der Waals surface area contributed by atoms with Gasteiger partial charge in [0.25, 0.3) is 0 Å². The van der Waals surface area contributed by atoms with Crippen molar-refractivity contribution in [3.8, 4) is 0 Å². The van der Waals surface area contributed by atoms with E-state index in [0.29, 0.717) is 0 Å². The molecule has 1 aliphatic rings. The first kappa shape index (κ1) is 10.2. The Hall–Kier alpha value is -1.00. The largest absolute Gasteiger partial charge is 0.439 e. The second-order valence-corrected chi connectivity index (χ2v) is 5.25. The zero-order chi connectivity index (χ0) is 11.0. The highest BCUT2D eigenvalue weighted by Crippen LogP contribution is 2.25. The highest BCUT2D eigenvalue weighted by atomic mass is 32.2. The van der Waals surface area contributed by atoms with Crippen molar-refractivity contribution >= 4 is 22.9 Å². The van der Waals surface area contributed by atoms with E-state index in [4.69, 9.17) is 4.42 Å². The first-order chi connectivity index (χ1) is 7.83. The Morgan fingerprint density at radius 3 is 3.25 bits per heavy atom. The zero-order valence-corrected chi connectivity index (χ0v) is 10.0. The summed E-state index contributed by atoms with van der Waals surface area (Å²) in [5, 5.41) is 3.43. The lowest BCUT2D eigenvalue weighted by Gasteiger charge is -2.19. The molecule has 0 aliphatic carbocycles. The Morgan fingerprint density at radius 1 is 1.50 bits per heavy atom. The highest BCUT2D eigenvalue weighted by molar-refractivity contribution is 7.99. The maximum Gasteiger partial charge on any atom is 0.213 e. The Balaban J connectivity index is 1.97. The number of nitrogens with zero attached hydrogens (tertiary/aromatic N) is 1. The standard InChI is InChI=1S/C12H14N2OS/c1-8-2-3-11-9(6-8)14-12(15-11)10-7-16-5-4-13-10/h2-3,6,10,13H,4-5,7H2,1H3. The summed E-state index contributed by atoms with van der Waals surface area (Å²) in [7, 11) is 0. The molecule has 0 amide bonds. The molecule has 0 spiro atoms. The topological polar surface area (TPSA) is 38.1 Å². The van der Waals surface area contributed by atoms with Crippen LogP contribution in [0.15, 0.2) is 22.6 Å². The van der Waals surface area contributed by atoms with Gasteiger partial charge in [-0.2, -0.15) is 11.8 Å². The van der Waals surface area contributed by atoms with Crippen molar-refractivity contribution in [2.45, 2.75) is 13.0 Å². The fraction of sp³-hybridized carbons (Fsp3) is 0.417. The summed E-state index contributed by atoms with van der Waals surface area (Å²) >= 11 is 1.95. The summed E-state index contributed by atoms with van der Waals surface area (Å²) < 4.78 is 5.78. The molecule has 0 saturated carbocycles. The molecule has 1 aliphatic heterocycles. The zero-order valence-electron chi connectivity index (χ0n) is 9.19. The minimum absolute atomic E-state index is 0.270. The van der Waals surface area contributed by atoms with Gasteiger partial charge in [0, 0.05) is 18.1 Å². The van der Waals surface area contributed by atoms with E-state index in [-0.39, 0.29) is 6.04 Å². The molecule has 1 fully saturated rings. The molecule has 16 heavy (non-hydrogen) atoms. The predicted octanol–water partition coefficient (Wildman–Crippen LogP) is 2.51. The first-order valence-electron chi connectivity index (χ1n) is 5.51. The monoisotopic (exact) mass is 234 g/mol. The second kappa shape index (κ2) is 4.11. The van der Waals surface area contributed by atoms with Gasteiger partial charge in [-0.25, -0.2) is 4.98 Å². The molecule has 2 aromatic rings. The number of hydrogen-bond acceptors (Lipinski definition) is 4. The van der Waals surface area contributed by atoms with Crippen LogP contribution >= 0.6 is 11.8 Å². The number of nitrogens with one attached hydrogen (secondary N) is 1. The van der Waals surface area contributed by atoms with Crippen LogP contribution in [-0.4, -0.2) is 23.0 Å². The van der Waals surface area contributed by atoms with Crippen LogP contribution < -0.4 is 5.32 Å². The molecule has 1 aromatic carbocycles. The van der Waals surface area contributed by atoms with Crippen molar-refractivity contribution in [3.05, 3.63) is 29.7 Å². The van der Waals surface area contributed by atoms with Crippen molar-refractivity contribution < 1.29 is 4.42 Å². The third kappa shape index (κ3) is 1.83. The molecule has 0 bridgehead atoms. The average Bonchev–Trinajstić information content (AvgIpc) is 2.73. The lowest BCUT2D eigenvalue weighted by molar-refractivity contribution is 0.441. The molecule has 1 atom stereocenters. The number of fused-ring (bicyclic) bond motifs is 1. The minimum Gasteiger partial charge on any atom is -0.439 e. The van der Waals surface area contributed by atoms with Gasteiger partial charge in [0.05, 0.1) is 6.04 Å². The van der Waals surface area contributed by atoms with Crippen LogP contribution in [0.1, 0.15) is 17.5 Å². The first-order valence-corrected chi connectivity index (χ1v) is 6.66. The number of rotatable bonds is 1. The number of benzene rings is 1. The summed E-state index contributed by atoms with van der Waals surface area (Å²) in [6.45, 7) is 3.11. The van der Waals surface area contributed by atoms with Crippen molar-refractivity contribution in [2.24, 2.45) is 0 Å². The van der Waals surface area contributed by atoms with Gasteiger partial charge in [-0.15, -0.1) is 0 Å². The Bertz CT molecular complexity index is 503. The van der Waals surface area contributed by atoms with Gasteiger partial charge < -0.3 is 9.73 Å². The van der Waals surface area contributed by atoms with Crippen LogP contribution in [0.5, 0.6) is 0 Å². The molecule has 1 saturated heterocycles. The average molecular weight is 234 g/mol. The molecule has 1 unspecified atom stereocenters. The maximum atomic E-state index is 5.78. The van der Waals surface area contributed by atoms with Gasteiger partial charge in [0.15, 0.2) is 5.58 Å². The number of hydrogen-bond donors (Lipinski definition) is 1. The lowest BCUT2D eigenvalue weighted by Crippen LogP contribution is -2.30. The van der Waals surface area contributed by atoms with E-state index in [1.807, 2.05) is 17.8 Å².